The summed E-state index contributed by atoms with van der Waals surface area (Å²) in [6.45, 7) is 2.32. The molecule has 0 bridgehead atoms. The fraction of sp³-hybridized carbons (Fsp3) is 0.429. The molecule has 4 nitrogen and oxygen atoms in total. The summed E-state index contributed by atoms with van der Waals surface area (Å²) in [5.74, 6) is 6.05. The van der Waals surface area contributed by atoms with Crippen LogP contribution in [0.2, 0.25) is 0 Å². The highest BCUT2D eigenvalue weighted by atomic mass is 16.5. The highest BCUT2D eigenvalue weighted by molar-refractivity contribution is 5.47. The number of rotatable bonds is 12. The van der Waals surface area contributed by atoms with Crippen molar-refractivity contribution < 1.29 is 9.47 Å². The van der Waals surface area contributed by atoms with Gasteiger partial charge in [-0.2, -0.15) is 0 Å². The molecule has 4 N–H and O–H groups in total. The molecule has 242 valence electrons. The van der Waals surface area contributed by atoms with E-state index >= 15 is 0 Å². The molecule has 46 heavy (non-hydrogen) atoms. The normalized spacial score (nSPS) is 19.8. The Balaban J connectivity index is 1.14. The topological polar surface area (TPSA) is 70.5 Å². The molecule has 0 saturated heterocycles. The zero-order valence-corrected chi connectivity index (χ0v) is 27.6. The zero-order valence-electron chi connectivity index (χ0n) is 27.6. The first-order valence-corrected chi connectivity index (χ1v) is 17.8. The average molecular weight is 617 g/mol. The first kappa shape index (κ1) is 32.0. The van der Waals surface area contributed by atoms with Gasteiger partial charge in [-0.15, -0.1) is 0 Å². The van der Waals surface area contributed by atoms with Gasteiger partial charge in [0.25, 0.3) is 0 Å². The molecule has 0 amide bonds. The van der Waals surface area contributed by atoms with Gasteiger partial charge in [0.05, 0.1) is 0 Å². The van der Waals surface area contributed by atoms with E-state index in [9.17, 15) is 0 Å². The predicted molar refractivity (Wildman–Crippen MR) is 192 cm³/mol. The Morgan fingerprint density at radius 3 is 1.24 bits per heavy atom. The van der Waals surface area contributed by atoms with Crippen LogP contribution in [0.5, 0.6) is 23.0 Å². The Bertz CT molecular complexity index is 1390. The molecule has 4 aromatic rings. The van der Waals surface area contributed by atoms with Crippen molar-refractivity contribution in [2.24, 2.45) is 17.8 Å². The third-order valence-corrected chi connectivity index (χ3v) is 10.9. The molecule has 0 aliphatic heterocycles. The molecule has 0 heterocycles. The van der Waals surface area contributed by atoms with Crippen molar-refractivity contribution in [2.75, 3.05) is 11.5 Å². The van der Waals surface area contributed by atoms with Crippen LogP contribution in [0.15, 0.2) is 97.1 Å². The van der Waals surface area contributed by atoms with Crippen LogP contribution in [-0.2, 0) is 5.41 Å². The van der Waals surface area contributed by atoms with Crippen molar-refractivity contribution in [3.63, 3.8) is 0 Å². The van der Waals surface area contributed by atoms with Crippen LogP contribution in [0, 0.1) is 17.8 Å². The van der Waals surface area contributed by atoms with E-state index in [4.69, 9.17) is 20.9 Å². The van der Waals surface area contributed by atoms with Crippen LogP contribution in [-0.4, -0.2) is 0 Å². The monoisotopic (exact) mass is 616 g/mol. The largest absolute Gasteiger partial charge is 0.457 e. The van der Waals surface area contributed by atoms with Gasteiger partial charge in [-0.1, -0.05) is 89.0 Å². The summed E-state index contributed by atoms with van der Waals surface area (Å²) < 4.78 is 12.3. The Morgan fingerprint density at radius 1 is 0.500 bits per heavy atom. The molecule has 2 aliphatic carbocycles. The van der Waals surface area contributed by atoms with Crippen LogP contribution < -0.4 is 20.9 Å². The lowest BCUT2D eigenvalue weighted by Gasteiger charge is -2.42. The van der Waals surface area contributed by atoms with Crippen LogP contribution >= 0.6 is 0 Å². The molecule has 2 saturated carbocycles. The van der Waals surface area contributed by atoms with Crippen molar-refractivity contribution >= 4 is 11.4 Å². The minimum Gasteiger partial charge on any atom is -0.457 e. The smallest absolute Gasteiger partial charge is 0.127 e. The second-order valence-corrected chi connectivity index (χ2v) is 14.0. The van der Waals surface area contributed by atoms with Gasteiger partial charge in [-0.3, -0.25) is 0 Å². The number of hydrogen-bond donors (Lipinski definition) is 2. The van der Waals surface area contributed by atoms with E-state index in [1.54, 1.807) is 0 Å². The van der Waals surface area contributed by atoms with Gasteiger partial charge in [0.1, 0.15) is 23.0 Å². The van der Waals surface area contributed by atoms with Gasteiger partial charge in [0.2, 0.25) is 0 Å². The lowest BCUT2D eigenvalue weighted by atomic mass is 9.62. The predicted octanol–water partition coefficient (Wildman–Crippen LogP) is 11.7. The maximum absolute atomic E-state index is 6.15. The number of anilines is 2. The molecule has 2 aliphatic rings. The number of ether oxygens (including phenoxy) is 2. The molecule has 0 atom stereocenters. The highest BCUT2D eigenvalue weighted by Crippen LogP contribution is 2.49. The summed E-state index contributed by atoms with van der Waals surface area (Å²) in [5, 5.41) is 0. The average Bonchev–Trinajstić information content (AvgIpc) is 3.10. The van der Waals surface area contributed by atoms with Crippen LogP contribution in [0.1, 0.15) is 102 Å². The number of unbranched alkanes of at least 4 members (excludes halogenated alkanes) is 1. The van der Waals surface area contributed by atoms with Gasteiger partial charge in [0, 0.05) is 16.8 Å². The minimum absolute atomic E-state index is 0.0205. The van der Waals surface area contributed by atoms with Crippen LogP contribution in [0.3, 0.4) is 0 Å². The van der Waals surface area contributed by atoms with Gasteiger partial charge < -0.3 is 20.9 Å². The van der Waals surface area contributed by atoms with Gasteiger partial charge in [-0.05, 0) is 127 Å². The van der Waals surface area contributed by atoms with E-state index in [0.717, 1.165) is 65.0 Å². The van der Waals surface area contributed by atoms with Crippen molar-refractivity contribution in [3.05, 3.63) is 108 Å². The van der Waals surface area contributed by atoms with Crippen molar-refractivity contribution in [2.45, 2.75) is 95.8 Å². The summed E-state index contributed by atoms with van der Waals surface area (Å²) in [4.78, 5) is 0. The molecular formula is C42H52N2O2. The Hall–Kier alpha value is -3.92. The molecule has 4 aromatic carbocycles. The van der Waals surface area contributed by atoms with Gasteiger partial charge >= 0.3 is 0 Å². The highest BCUT2D eigenvalue weighted by Gasteiger charge is 2.38. The number of nitrogens with two attached hydrogens (primary N) is 2. The number of hydrogen-bond acceptors (Lipinski definition) is 4. The van der Waals surface area contributed by atoms with Crippen molar-refractivity contribution in [3.8, 4) is 23.0 Å². The Kier molecular flexibility index (Phi) is 10.5. The van der Waals surface area contributed by atoms with Crippen molar-refractivity contribution in [1.82, 2.24) is 0 Å². The fourth-order valence-corrected chi connectivity index (χ4v) is 8.00. The van der Waals surface area contributed by atoms with Crippen molar-refractivity contribution in [1.29, 1.82) is 0 Å². The van der Waals surface area contributed by atoms with Crippen LogP contribution in [0.25, 0.3) is 0 Å². The molecule has 0 aromatic heterocycles. The Labute approximate surface area is 276 Å². The summed E-state index contributed by atoms with van der Waals surface area (Å²) >= 11 is 0. The summed E-state index contributed by atoms with van der Waals surface area (Å²) in [6.07, 6.45) is 17.8. The second-order valence-electron chi connectivity index (χ2n) is 14.0. The molecule has 0 radical (unpaired) electrons. The molecule has 0 unspecified atom stereocenters. The fourth-order valence-electron chi connectivity index (χ4n) is 8.00. The molecule has 4 heteroatoms. The quantitative estimate of drug-likeness (QED) is 0.155. The third kappa shape index (κ3) is 8.07. The third-order valence-electron chi connectivity index (χ3n) is 10.9. The number of benzene rings is 4. The minimum atomic E-state index is -0.0205. The molecule has 6 rings (SSSR count). The lowest BCUT2D eigenvalue weighted by Crippen LogP contribution is -2.33. The van der Waals surface area contributed by atoms with E-state index in [0.29, 0.717) is 0 Å². The SMILES string of the molecule is CCCC[C@H]1CC[C@H](CCC2CCC(c3ccc(Oc4ccc(N)cc4)cc3)(c3ccc(Oc4ccc(N)cc4)cc3)CC2)CC1. The molecule has 0 spiro atoms. The van der Waals surface area contributed by atoms with E-state index in [2.05, 4.69) is 55.5 Å². The van der Waals surface area contributed by atoms with E-state index in [1.165, 1.54) is 81.8 Å². The standard InChI is InChI=1S/C42H52N2O2/c1-2-3-4-31-5-7-32(8-6-31)9-10-33-27-29-42(30-28-33,34-11-19-38(20-12-34)45-40-23-15-36(43)16-24-40)35-13-21-39(22-14-35)46-41-25-17-37(44)18-26-41/h11-26,31-33H,2-10,27-30,43-44H2,1H3/t31-,32-. The molecule has 2 fully saturated rings. The summed E-state index contributed by atoms with van der Waals surface area (Å²) in [7, 11) is 0. The van der Waals surface area contributed by atoms with E-state index in [-0.39, 0.29) is 5.41 Å². The van der Waals surface area contributed by atoms with Crippen LogP contribution in [0.4, 0.5) is 11.4 Å². The van der Waals surface area contributed by atoms with E-state index < -0.39 is 0 Å². The number of nitrogen functional groups attached to an aromatic ring is 2. The van der Waals surface area contributed by atoms with Gasteiger partial charge in [0.15, 0.2) is 0 Å². The second kappa shape index (κ2) is 15.1. The lowest BCUT2D eigenvalue weighted by molar-refractivity contribution is 0.209. The van der Waals surface area contributed by atoms with E-state index in [1.807, 2.05) is 48.5 Å². The maximum atomic E-state index is 6.15. The molecular weight excluding hydrogens is 564 g/mol. The first-order chi connectivity index (χ1) is 22.5. The zero-order chi connectivity index (χ0) is 31.8. The summed E-state index contributed by atoms with van der Waals surface area (Å²) in [5.41, 5.74) is 15.9. The Morgan fingerprint density at radius 2 is 0.848 bits per heavy atom. The first-order valence-electron chi connectivity index (χ1n) is 17.8. The summed E-state index contributed by atoms with van der Waals surface area (Å²) in [6, 6.07) is 32.7. The maximum Gasteiger partial charge on any atom is 0.127 e. The van der Waals surface area contributed by atoms with Gasteiger partial charge in [-0.25, -0.2) is 0 Å².